The number of carbonyl (C=O) groups is 1. The highest BCUT2D eigenvalue weighted by molar-refractivity contribution is 8.00. The van der Waals surface area contributed by atoms with Crippen LogP contribution in [0.5, 0.6) is 0 Å². The van der Waals surface area contributed by atoms with Gasteiger partial charge in [-0.05, 0) is 31.5 Å². The Balaban J connectivity index is 1.84. The number of nitrogens with zero attached hydrogens (tertiary/aromatic N) is 3. The predicted octanol–water partition coefficient (Wildman–Crippen LogP) is 5.80. The standard InChI is InChI=1S/C22H24Cl2N4O2S/c1-3-4-5-8-11-28-21(30)16-9-6-7-10-18(16)26-22(28)31-14(2)20(29)27-19-17(24)12-15(23)13-25-19/h6-7,9-10,12-14H,3-5,8,11H2,1-2H3,(H,25,27,29). The van der Waals surface area contributed by atoms with E-state index in [-0.39, 0.29) is 22.3 Å². The summed E-state index contributed by atoms with van der Waals surface area (Å²) in [4.78, 5) is 34.6. The molecule has 0 aliphatic carbocycles. The number of halogens is 2. The average Bonchev–Trinajstić information content (AvgIpc) is 2.75. The van der Waals surface area contributed by atoms with Gasteiger partial charge in [-0.2, -0.15) is 0 Å². The van der Waals surface area contributed by atoms with Gasteiger partial charge < -0.3 is 5.32 Å². The highest BCUT2D eigenvalue weighted by atomic mass is 35.5. The summed E-state index contributed by atoms with van der Waals surface area (Å²) >= 11 is 13.2. The van der Waals surface area contributed by atoms with Gasteiger partial charge in [-0.1, -0.05) is 73.3 Å². The van der Waals surface area contributed by atoms with Gasteiger partial charge in [0.2, 0.25) is 5.91 Å². The Bertz CT molecular complexity index is 1140. The van der Waals surface area contributed by atoms with Crippen molar-refractivity contribution in [2.24, 2.45) is 0 Å². The summed E-state index contributed by atoms with van der Waals surface area (Å²) in [5.74, 6) is -0.0476. The second-order valence-corrected chi connectivity index (χ2v) is 9.31. The molecule has 6 nitrogen and oxygen atoms in total. The summed E-state index contributed by atoms with van der Waals surface area (Å²) in [5.41, 5.74) is 0.537. The fourth-order valence-corrected chi connectivity index (χ4v) is 4.43. The van der Waals surface area contributed by atoms with E-state index in [4.69, 9.17) is 23.2 Å². The molecular weight excluding hydrogens is 455 g/mol. The van der Waals surface area contributed by atoms with E-state index in [2.05, 4.69) is 22.2 Å². The quantitative estimate of drug-likeness (QED) is 0.239. The van der Waals surface area contributed by atoms with E-state index < -0.39 is 5.25 Å². The molecule has 0 spiro atoms. The van der Waals surface area contributed by atoms with Crippen molar-refractivity contribution in [1.29, 1.82) is 0 Å². The molecule has 0 aliphatic heterocycles. The smallest absolute Gasteiger partial charge is 0.262 e. The molecule has 1 amide bonds. The van der Waals surface area contributed by atoms with Crippen LogP contribution in [0.2, 0.25) is 10.0 Å². The summed E-state index contributed by atoms with van der Waals surface area (Å²) in [6.07, 6.45) is 5.57. The molecule has 2 aromatic heterocycles. The lowest BCUT2D eigenvalue weighted by molar-refractivity contribution is -0.115. The molecule has 9 heteroatoms. The molecular formula is C22H24Cl2N4O2S. The molecule has 3 rings (SSSR count). The molecule has 164 valence electrons. The van der Waals surface area contributed by atoms with Crippen molar-refractivity contribution >= 4 is 57.6 Å². The molecule has 1 atom stereocenters. The van der Waals surface area contributed by atoms with Crippen LogP contribution in [0.3, 0.4) is 0 Å². The minimum atomic E-state index is -0.525. The average molecular weight is 479 g/mol. The third-order valence-electron chi connectivity index (χ3n) is 4.76. The Hall–Kier alpha value is -2.09. The maximum absolute atomic E-state index is 13.1. The summed E-state index contributed by atoms with van der Waals surface area (Å²) in [5, 5.41) is 3.94. The van der Waals surface area contributed by atoms with Gasteiger partial charge in [0.05, 0.1) is 26.2 Å². The summed E-state index contributed by atoms with van der Waals surface area (Å²) in [6.45, 7) is 4.47. The molecule has 0 saturated carbocycles. The van der Waals surface area contributed by atoms with E-state index in [0.717, 1.165) is 25.7 Å². The summed E-state index contributed by atoms with van der Waals surface area (Å²) in [6, 6.07) is 8.79. The minimum absolute atomic E-state index is 0.0837. The second kappa shape index (κ2) is 11.0. The van der Waals surface area contributed by atoms with Crippen molar-refractivity contribution in [1.82, 2.24) is 14.5 Å². The predicted molar refractivity (Wildman–Crippen MR) is 128 cm³/mol. The van der Waals surface area contributed by atoms with Crippen molar-refractivity contribution in [2.45, 2.75) is 56.5 Å². The molecule has 0 saturated heterocycles. The fraction of sp³-hybridized carbons (Fsp3) is 0.364. The Labute approximate surface area is 195 Å². The number of rotatable bonds is 9. The van der Waals surface area contributed by atoms with Crippen molar-refractivity contribution in [3.63, 3.8) is 0 Å². The molecule has 0 bridgehead atoms. The van der Waals surface area contributed by atoms with Crippen LogP contribution in [-0.4, -0.2) is 25.7 Å². The topological polar surface area (TPSA) is 76.9 Å². The van der Waals surface area contributed by atoms with Crippen LogP contribution in [0.25, 0.3) is 10.9 Å². The van der Waals surface area contributed by atoms with Crippen LogP contribution >= 0.6 is 35.0 Å². The third-order valence-corrected chi connectivity index (χ3v) is 6.35. The molecule has 0 radical (unpaired) electrons. The number of carbonyl (C=O) groups excluding carboxylic acids is 1. The van der Waals surface area contributed by atoms with Gasteiger partial charge in [0.1, 0.15) is 0 Å². The number of pyridine rings is 1. The summed E-state index contributed by atoms with van der Waals surface area (Å²) in [7, 11) is 0. The lowest BCUT2D eigenvalue weighted by Gasteiger charge is -2.16. The number of fused-ring (bicyclic) bond motifs is 1. The van der Waals surface area contributed by atoms with Gasteiger partial charge in [0.25, 0.3) is 5.56 Å². The first-order valence-corrected chi connectivity index (χ1v) is 11.8. The number of benzene rings is 1. The molecule has 1 aromatic carbocycles. The maximum atomic E-state index is 13.1. The third kappa shape index (κ3) is 5.99. The number of nitrogens with one attached hydrogen (secondary N) is 1. The van der Waals surface area contributed by atoms with Crippen molar-refractivity contribution in [3.8, 4) is 0 Å². The normalized spacial score (nSPS) is 12.1. The minimum Gasteiger partial charge on any atom is -0.308 e. The number of unbranched alkanes of at least 4 members (excludes halogenated alkanes) is 3. The van der Waals surface area contributed by atoms with E-state index in [0.29, 0.717) is 27.6 Å². The highest BCUT2D eigenvalue weighted by Crippen LogP contribution is 2.26. The van der Waals surface area contributed by atoms with Crippen LogP contribution < -0.4 is 10.9 Å². The summed E-state index contributed by atoms with van der Waals surface area (Å²) < 4.78 is 1.68. The molecule has 0 fully saturated rings. The monoisotopic (exact) mass is 478 g/mol. The van der Waals surface area contributed by atoms with Crippen molar-refractivity contribution in [3.05, 3.63) is 56.9 Å². The molecule has 0 aliphatic rings. The number of thioether (sulfide) groups is 1. The first-order valence-electron chi connectivity index (χ1n) is 10.2. The maximum Gasteiger partial charge on any atom is 0.262 e. The molecule has 31 heavy (non-hydrogen) atoms. The SMILES string of the molecule is CCCCCCn1c(SC(C)C(=O)Nc2ncc(Cl)cc2Cl)nc2ccccc2c1=O. The van der Waals surface area contributed by atoms with Crippen LogP contribution in [0, 0.1) is 0 Å². The van der Waals surface area contributed by atoms with Gasteiger partial charge in [0.15, 0.2) is 11.0 Å². The molecule has 1 unspecified atom stereocenters. The van der Waals surface area contributed by atoms with Gasteiger partial charge >= 0.3 is 0 Å². The molecule has 2 heterocycles. The number of aromatic nitrogens is 3. The van der Waals surface area contributed by atoms with Crippen LogP contribution in [0.1, 0.15) is 39.5 Å². The zero-order valence-corrected chi connectivity index (χ0v) is 19.7. The first-order chi connectivity index (χ1) is 14.9. The number of amides is 1. The fourth-order valence-electron chi connectivity index (χ4n) is 3.07. The van der Waals surface area contributed by atoms with E-state index in [1.54, 1.807) is 17.6 Å². The largest absolute Gasteiger partial charge is 0.308 e. The lowest BCUT2D eigenvalue weighted by Crippen LogP contribution is -2.27. The lowest BCUT2D eigenvalue weighted by atomic mass is 10.2. The zero-order chi connectivity index (χ0) is 22.4. The number of hydrogen-bond donors (Lipinski definition) is 1. The van der Waals surface area contributed by atoms with Crippen molar-refractivity contribution in [2.75, 3.05) is 5.32 Å². The number of para-hydroxylation sites is 1. The van der Waals surface area contributed by atoms with E-state index in [1.165, 1.54) is 24.0 Å². The Morgan fingerprint density at radius 2 is 2.00 bits per heavy atom. The Morgan fingerprint density at radius 3 is 2.74 bits per heavy atom. The van der Waals surface area contributed by atoms with Crippen LogP contribution in [0.4, 0.5) is 5.82 Å². The van der Waals surface area contributed by atoms with Gasteiger partial charge in [-0.25, -0.2) is 9.97 Å². The highest BCUT2D eigenvalue weighted by Gasteiger charge is 2.20. The number of hydrogen-bond acceptors (Lipinski definition) is 5. The Kier molecular flexibility index (Phi) is 8.35. The molecule has 3 aromatic rings. The van der Waals surface area contributed by atoms with E-state index in [9.17, 15) is 9.59 Å². The molecule has 1 N–H and O–H groups in total. The van der Waals surface area contributed by atoms with Gasteiger partial charge in [-0.3, -0.25) is 14.2 Å². The van der Waals surface area contributed by atoms with Gasteiger partial charge in [-0.15, -0.1) is 0 Å². The Morgan fingerprint density at radius 1 is 1.23 bits per heavy atom. The first kappa shape index (κ1) is 23.6. The second-order valence-electron chi connectivity index (χ2n) is 7.16. The van der Waals surface area contributed by atoms with Gasteiger partial charge in [0, 0.05) is 12.7 Å². The van der Waals surface area contributed by atoms with Crippen molar-refractivity contribution < 1.29 is 4.79 Å². The van der Waals surface area contributed by atoms with Crippen LogP contribution in [-0.2, 0) is 11.3 Å². The van der Waals surface area contributed by atoms with E-state index in [1.807, 2.05) is 18.2 Å². The van der Waals surface area contributed by atoms with Crippen LogP contribution in [0.15, 0.2) is 46.5 Å². The zero-order valence-electron chi connectivity index (χ0n) is 17.4. The number of anilines is 1. The van der Waals surface area contributed by atoms with E-state index >= 15 is 0 Å².